The van der Waals surface area contributed by atoms with Crippen LogP contribution in [0, 0.1) is 5.82 Å². The predicted molar refractivity (Wildman–Crippen MR) is 149 cm³/mol. The van der Waals surface area contributed by atoms with Crippen molar-refractivity contribution in [1.29, 1.82) is 0 Å². The molecule has 1 heterocycles. The Balaban J connectivity index is 1.45. The fourth-order valence-corrected chi connectivity index (χ4v) is 3.95. The average molecular weight is 557 g/mol. The number of carbonyl (C=O) groups excluding carboxylic acids is 3. The van der Waals surface area contributed by atoms with Crippen LogP contribution >= 0.6 is 0 Å². The summed E-state index contributed by atoms with van der Waals surface area (Å²) >= 11 is 0. The first kappa shape index (κ1) is 28.9. The average Bonchev–Trinajstić information content (AvgIpc) is 3.01. The third-order valence-electron chi connectivity index (χ3n) is 6.02. The summed E-state index contributed by atoms with van der Waals surface area (Å²) in [7, 11) is 0. The molecule has 0 saturated carbocycles. The topological polar surface area (TPSA) is 120 Å². The van der Waals surface area contributed by atoms with Gasteiger partial charge in [-0.25, -0.2) is 14.0 Å². The van der Waals surface area contributed by atoms with E-state index in [9.17, 15) is 18.8 Å². The summed E-state index contributed by atoms with van der Waals surface area (Å²) in [5.74, 6) is -2.08. The van der Waals surface area contributed by atoms with E-state index in [1.807, 2.05) is 19.1 Å². The summed E-state index contributed by atoms with van der Waals surface area (Å²) in [5.41, 5.74) is 3.03. The van der Waals surface area contributed by atoms with E-state index in [1.165, 1.54) is 18.3 Å². The molecular weight excluding hydrogens is 527 g/mol. The highest BCUT2D eigenvalue weighted by molar-refractivity contribution is 5.96. The van der Waals surface area contributed by atoms with Crippen LogP contribution in [0.25, 0.3) is 11.3 Å². The van der Waals surface area contributed by atoms with E-state index in [-0.39, 0.29) is 25.3 Å². The van der Waals surface area contributed by atoms with E-state index in [1.54, 1.807) is 54.7 Å². The molecule has 10 heteroatoms. The second-order valence-corrected chi connectivity index (χ2v) is 9.00. The van der Waals surface area contributed by atoms with Crippen LogP contribution < -0.4 is 10.6 Å². The second kappa shape index (κ2) is 14.3. The van der Waals surface area contributed by atoms with E-state index >= 15 is 0 Å². The van der Waals surface area contributed by atoms with Crippen molar-refractivity contribution in [2.24, 2.45) is 0 Å². The van der Waals surface area contributed by atoms with Crippen LogP contribution in [0.2, 0.25) is 0 Å². The number of rotatable bonds is 11. The Labute approximate surface area is 236 Å². The normalized spacial score (nSPS) is 11.3. The molecule has 1 atom stereocenters. The van der Waals surface area contributed by atoms with Crippen molar-refractivity contribution in [1.82, 2.24) is 20.6 Å². The number of alkyl carbamates (subject to hydrolysis) is 1. The van der Waals surface area contributed by atoms with Crippen LogP contribution in [0.4, 0.5) is 9.18 Å². The van der Waals surface area contributed by atoms with E-state index in [0.29, 0.717) is 23.4 Å². The lowest BCUT2D eigenvalue weighted by Gasteiger charge is -2.18. The summed E-state index contributed by atoms with van der Waals surface area (Å²) in [6.07, 6.45) is 2.74. The van der Waals surface area contributed by atoms with Gasteiger partial charge in [0, 0.05) is 30.1 Å². The van der Waals surface area contributed by atoms with Gasteiger partial charge in [0.05, 0.1) is 11.4 Å². The highest BCUT2D eigenvalue weighted by atomic mass is 19.1. The lowest BCUT2D eigenvalue weighted by molar-refractivity contribution is -0.147. The van der Waals surface area contributed by atoms with Gasteiger partial charge in [0.2, 0.25) is 0 Å². The summed E-state index contributed by atoms with van der Waals surface area (Å²) in [6, 6.07) is 20.6. The third-order valence-corrected chi connectivity index (χ3v) is 6.02. The lowest BCUT2D eigenvalue weighted by atomic mass is 10.0. The molecule has 2 amide bonds. The number of hydrogen-bond acceptors (Lipinski definition) is 7. The Morgan fingerprint density at radius 2 is 1.49 bits per heavy atom. The molecule has 9 nitrogen and oxygen atoms in total. The number of esters is 1. The zero-order chi connectivity index (χ0) is 29.0. The monoisotopic (exact) mass is 556 g/mol. The highest BCUT2D eigenvalue weighted by Gasteiger charge is 2.25. The van der Waals surface area contributed by atoms with E-state index < -0.39 is 29.8 Å². The number of ether oxygens (including phenoxy) is 2. The van der Waals surface area contributed by atoms with Crippen LogP contribution in [-0.4, -0.2) is 40.5 Å². The van der Waals surface area contributed by atoms with Crippen molar-refractivity contribution in [2.45, 2.75) is 32.6 Å². The number of nitrogens with one attached hydrogen (secondary N) is 2. The Bertz CT molecular complexity index is 1480. The maximum absolute atomic E-state index is 14.5. The molecule has 210 valence electrons. The number of aromatic nitrogens is 2. The van der Waals surface area contributed by atoms with Gasteiger partial charge in [-0.05, 0) is 35.7 Å². The third kappa shape index (κ3) is 8.43. The van der Waals surface area contributed by atoms with Crippen LogP contribution in [0.5, 0.6) is 0 Å². The minimum Gasteiger partial charge on any atom is -0.459 e. The highest BCUT2D eigenvalue weighted by Crippen LogP contribution is 2.23. The zero-order valence-electron chi connectivity index (χ0n) is 22.4. The summed E-state index contributed by atoms with van der Waals surface area (Å²) in [4.78, 5) is 47.0. The molecule has 0 fully saturated rings. The lowest BCUT2D eigenvalue weighted by Crippen LogP contribution is -2.49. The molecule has 0 radical (unpaired) electrons. The number of carbonyl (C=O) groups is 3. The summed E-state index contributed by atoms with van der Waals surface area (Å²) in [6.45, 7) is 1.52. The van der Waals surface area contributed by atoms with Gasteiger partial charge in [0.25, 0.3) is 5.91 Å². The minimum absolute atomic E-state index is 0.00997. The smallest absolute Gasteiger partial charge is 0.408 e. The summed E-state index contributed by atoms with van der Waals surface area (Å²) in [5, 5.41) is 5.03. The van der Waals surface area contributed by atoms with Crippen molar-refractivity contribution >= 4 is 18.0 Å². The molecule has 0 aliphatic heterocycles. The first-order valence-corrected chi connectivity index (χ1v) is 13.0. The molecular formula is C31H29FN4O5. The van der Waals surface area contributed by atoms with Gasteiger partial charge < -0.3 is 20.1 Å². The van der Waals surface area contributed by atoms with Gasteiger partial charge in [-0.3, -0.25) is 14.8 Å². The van der Waals surface area contributed by atoms with E-state index in [2.05, 4.69) is 20.6 Å². The molecule has 0 saturated heterocycles. The summed E-state index contributed by atoms with van der Waals surface area (Å²) < 4.78 is 25.1. The SMILES string of the molecule is CCc1nccnc1-c1cc(F)cc(C(=O)NC[C@@H](NC(=O)OCc2ccccc2)C(=O)OCc2ccccc2)c1. The van der Waals surface area contributed by atoms with Crippen molar-refractivity contribution in [2.75, 3.05) is 6.54 Å². The molecule has 4 rings (SSSR count). The number of aryl methyl sites for hydroxylation is 1. The zero-order valence-corrected chi connectivity index (χ0v) is 22.4. The van der Waals surface area contributed by atoms with Gasteiger partial charge in [0.1, 0.15) is 25.1 Å². The molecule has 0 aliphatic carbocycles. The quantitative estimate of drug-likeness (QED) is 0.259. The number of halogens is 1. The van der Waals surface area contributed by atoms with Gasteiger partial charge in [-0.2, -0.15) is 0 Å². The van der Waals surface area contributed by atoms with Crippen molar-refractivity contribution in [3.05, 3.63) is 119 Å². The van der Waals surface area contributed by atoms with Gasteiger partial charge >= 0.3 is 12.1 Å². The number of nitrogens with zero attached hydrogens (tertiary/aromatic N) is 2. The van der Waals surface area contributed by atoms with Crippen LogP contribution in [0.15, 0.2) is 91.3 Å². The Hall–Kier alpha value is -5.12. The Morgan fingerprint density at radius 1 is 0.854 bits per heavy atom. The van der Waals surface area contributed by atoms with Gasteiger partial charge in [-0.1, -0.05) is 67.6 Å². The molecule has 2 N–H and O–H groups in total. The van der Waals surface area contributed by atoms with Crippen molar-refractivity contribution in [3.8, 4) is 11.3 Å². The molecule has 0 spiro atoms. The first-order chi connectivity index (χ1) is 19.9. The molecule has 41 heavy (non-hydrogen) atoms. The molecule has 0 bridgehead atoms. The van der Waals surface area contributed by atoms with Crippen molar-refractivity contribution in [3.63, 3.8) is 0 Å². The molecule has 0 aliphatic rings. The molecule has 3 aromatic carbocycles. The number of hydrogen-bond donors (Lipinski definition) is 2. The molecule has 0 unspecified atom stereocenters. The maximum Gasteiger partial charge on any atom is 0.408 e. The second-order valence-electron chi connectivity index (χ2n) is 9.00. The standard InChI is InChI=1S/C31H29FN4O5/c1-2-26-28(34-14-13-33-26)23-15-24(17-25(32)16-23)29(37)35-18-27(30(38)40-19-21-9-5-3-6-10-21)36-31(39)41-20-22-11-7-4-8-12-22/h3-17,27H,2,18-20H2,1H3,(H,35,37)(H,36,39)/t27-/m1/s1. The Morgan fingerprint density at radius 3 is 2.15 bits per heavy atom. The number of amides is 2. The van der Waals surface area contributed by atoms with E-state index in [0.717, 1.165) is 17.2 Å². The minimum atomic E-state index is -1.27. The fraction of sp³-hybridized carbons (Fsp3) is 0.194. The fourth-order valence-electron chi connectivity index (χ4n) is 3.95. The first-order valence-electron chi connectivity index (χ1n) is 13.0. The molecule has 1 aromatic heterocycles. The van der Waals surface area contributed by atoms with Crippen LogP contribution in [0.1, 0.15) is 34.1 Å². The van der Waals surface area contributed by atoms with Gasteiger partial charge in [0.15, 0.2) is 0 Å². The maximum atomic E-state index is 14.5. The van der Waals surface area contributed by atoms with Crippen LogP contribution in [-0.2, 0) is 33.9 Å². The Kier molecular flexibility index (Phi) is 10.1. The van der Waals surface area contributed by atoms with Crippen molar-refractivity contribution < 1.29 is 28.2 Å². The van der Waals surface area contributed by atoms with Crippen LogP contribution in [0.3, 0.4) is 0 Å². The van der Waals surface area contributed by atoms with Gasteiger partial charge in [-0.15, -0.1) is 0 Å². The largest absolute Gasteiger partial charge is 0.459 e. The number of benzene rings is 3. The predicted octanol–water partition coefficient (Wildman–Crippen LogP) is 4.61. The molecule has 4 aromatic rings. The van der Waals surface area contributed by atoms with E-state index in [4.69, 9.17) is 9.47 Å².